The number of rotatable bonds is 9. The highest BCUT2D eigenvalue weighted by molar-refractivity contribution is 7.89. The number of methoxy groups -OCH3 is 1. The van der Waals surface area contributed by atoms with E-state index < -0.39 is 20.2 Å². The van der Waals surface area contributed by atoms with Crippen molar-refractivity contribution in [3.05, 3.63) is 29.3 Å². The number of benzene rings is 1. The number of ether oxygens (including phenoxy) is 1. The first-order valence-electron chi connectivity index (χ1n) is 13.9. The lowest BCUT2D eigenvalue weighted by Crippen LogP contribution is -2.57. The molecule has 2 N–H and O–H groups in total. The monoisotopic (exact) mass is 554 g/mol. The van der Waals surface area contributed by atoms with Gasteiger partial charge >= 0.3 is 0 Å². The molecule has 9 nitrogen and oxygen atoms in total. The van der Waals surface area contributed by atoms with E-state index in [0.717, 1.165) is 76.6 Å². The third kappa shape index (κ3) is 6.33. The zero-order valence-corrected chi connectivity index (χ0v) is 23.5. The van der Waals surface area contributed by atoms with E-state index in [4.69, 9.17) is 4.74 Å². The molecule has 3 atom stereocenters. The Labute approximate surface area is 222 Å². The second kappa shape index (κ2) is 11.5. The zero-order chi connectivity index (χ0) is 26.0. The average molecular weight is 555 g/mol. The molecule has 2 saturated heterocycles. The summed E-state index contributed by atoms with van der Waals surface area (Å²) in [5, 5.41) is 0. The molecule has 4 aliphatic rings. The Morgan fingerprint density at radius 1 is 1.03 bits per heavy atom. The summed E-state index contributed by atoms with van der Waals surface area (Å²) < 4.78 is 64.2. The van der Waals surface area contributed by atoms with Crippen molar-refractivity contribution in [1.82, 2.24) is 18.6 Å². The Hall–Kier alpha value is -1.24. The summed E-state index contributed by atoms with van der Waals surface area (Å²) in [7, 11) is -5.41. The second-order valence-corrected chi connectivity index (χ2v) is 14.7. The number of fused-ring (bicyclic) bond motifs is 4. The van der Waals surface area contributed by atoms with Gasteiger partial charge in [-0.05, 0) is 74.1 Å². The molecule has 0 unspecified atom stereocenters. The summed E-state index contributed by atoms with van der Waals surface area (Å²) in [4.78, 5) is 2.54. The van der Waals surface area contributed by atoms with Crippen molar-refractivity contribution < 1.29 is 21.6 Å². The van der Waals surface area contributed by atoms with E-state index in [1.807, 2.05) is 6.07 Å². The fourth-order valence-electron chi connectivity index (χ4n) is 6.92. The van der Waals surface area contributed by atoms with Crippen LogP contribution in [0, 0.1) is 5.92 Å². The van der Waals surface area contributed by atoms with Crippen LogP contribution in [-0.4, -0.2) is 77.2 Å². The Balaban J connectivity index is 1.20. The molecule has 3 heterocycles. The first kappa shape index (κ1) is 27.3. The van der Waals surface area contributed by atoms with Gasteiger partial charge in [-0.3, -0.25) is 4.90 Å². The van der Waals surface area contributed by atoms with Crippen molar-refractivity contribution >= 4 is 20.2 Å². The van der Waals surface area contributed by atoms with Crippen molar-refractivity contribution in [3.8, 4) is 5.75 Å². The van der Waals surface area contributed by atoms with Gasteiger partial charge in [0.25, 0.3) is 10.2 Å². The minimum Gasteiger partial charge on any atom is -0.497 e. The molecule has 3 fully saturated rings. The molecule has 0 bridgehead atoms. The fraction of sp³-hybridized carbons (Fsp3) is 0.769. The van der Waals surface area contributed by atoms with Crippen molar-refractivity contribution in [2.24, 2.45) is 5.92 Å². The number of nitrogens with zero attached hydrogens (tertiary/aromatic N) is 2. The maximum absolute atomic E-state index is 13.5. The third-order valence-electron chi connectivity index (χ3n) is 8.77. The molecule has 1 aromatic rings. The minimum atomic E-state index is -3.61. The summed E-state index contributed by atoms with van der Waals surface area (Å²) in [6.07, 6.45) is 8.97. The van der Waals surface area contributed by atoms with Gasteiger partial charge in [-0.15, -0.1) is 0 Å². The number of sulfonamides is 1. The van der Waals surface area contributed by atoms with Gasteiger partial charge in [0.1, 0.15) is 5.75 Å². The predicted molar refractivity (Wildman–Crippen MR) is 144 cm³/mol. The summed E-state index contributed by atoms with van der Waals surface area (Å²) in [5.74, 6) is 1.18. The molecule has 11 heteroatoms. The average Bonchev–Trinajstić information content (AvgIpc) is 2.89. The molecule has 208 valence electrons. The second-order valence-electron chi connectivity index (χ2n) is 11.2. The van der Waals surface area contributed by atoms with Gasteiger partial charge in [-0.1, -0.05) is 25.3 Å². The highest BCUT2D eigenvalue weighted by Gasteiger charge is 2.45. The molecule has 1 saturated carbocycles. The Morgan fingerprint density at radius 3 is 2.62 bits per heavy atom. The lowest BCUT2D eigenvalue weighted by Gasteiger charge is -2.51. The number of hydrogen-bond acceptors (Lipinski definition) is 6. The number of hydrogen-bond donors (Lipinski definition) is 2. The van der Waals surface area contributed by atoms with E-state index in [1.54, 1.807) is 11.4 Å². The molecular formula is C26H42N4O5S2. The van der Waals surface area contributed by atoms with E-state index in [-0.39, 0.29) is 36.8 Å². The van der Waals surface area contributed by atoms with Gasteiger partial charge in [-0.25, -0.2) is 13.1 Å². The van der Waals surface area contributed by atoms with E-state index in [9.17, 15) is 16.8 Å². The molecule has 0 aromatic heterocycles. The fourth-order valence-corrected chi connectivity index (χ4v) is 9.92. The standard InChI is InChI=1S/C26H42N4O5S2/c1-35-23-10-11-24-20(17-23)12-15-29-19-21-7-5-14-30(25(21)18-26(24)29)36(31,32)16-6-13-27-37(33,34)28-22-8-3-2-4-9-22/h10-11,17,21-22,25-28H,2-9,12-16,18-19H2,1H3/t21-,25+,26+/m1/s1. The smallest absolute Gasteiger partial charge is 0.277 e. The maximum Gasteiger partial charge on any atom is 0.277 e. The molecular weight excluding hydrogens is 512 g/mol. The van der Waals surface area contributed by atoms with Crippen LogP contribution in [0.3, 0.4) is 0 Å². The summed E-state index contributed by atoms with van der Waals surface area (Å²) >= 11 is 0. The number of nitrogens with one attached hydrogen (secondary N) is 2. The maximum atomic E-state index is 13.5. The first-order valence-corrected chi connectivity index (χ1v) is 17.0. The summed E-state index contributed by atoms with van der Waals surface area (Å²) in [6, 6.07) is 6.49. The lowest BCUT2D eigenvalue weighted by atomic mass is 9.77. The van der Waals surface area contributed by atoms with E-state index in [2.05, 4.69) is 26.5 Å². The summed E-state index contributed by atoms with van der Waals surface area (Å²) in [5.41, 5.74) is 2.60. The van der Waals surface area contributed by atoms with Crippen molar-refractivity contribution in [2.45, 2.75) is 82.3 Å². The predicted octanol–water partition coefficient (Wildman–Crippen LogP) is 2.56. The van der Waals surface area contributed by atoms with Crippen LogP contribution < -0.4 is 14.2 Å². The normalized spacial score (nSPS) is 27.8. The highest BCUT2D eigenvalue weighted by atomic mass is 32.2. The molecule has 3 aliphatic heterocycles. The van der Waals surface area contributed by atoms with Crippen molar-refractivity contribution in [2.75, 3.05) is 39.0 Å². The molecule has 0 radical (unpaired) electrons. The lowest BCUT2D eigenvalue weighted by molar-refractivity contribution is 0.0219. The Bertz CT molecular complexity index is 1150. The van der Waals surface area contributed by atoms with E-state index >= 15 is 0 Å². The molecule has 0 spiro atoms. The molecule has 1 aliphatic carbocycles. The van der Waals surface area contributed by atoms with Crippen LogP contribution in [0.25, 0.3) is 0 Å². The van der Waals surface area contributed by atoms with Crippen LogP contribution in [0.4, 0.5) is 0 Å². The van der Waals surface area contributed by atoms with Crippen molar-refractivity contribution in [1.29, 1.82) is 0 Å². The third-order valence-corrected chi connectivity index (χ3v) is 12.0. The van der Waals surface area contributed by atoms with Crippen LogP contribution in [0.15, 0.2) is 18.2 Å². The largest absolute Gasteiger partial charge is 0.497 e. The van der Waals surface area contributed by atoms with Gasteiger partial charge in [0.2, 0.25) is 10.0 Å². The quantitative estimate of drug-likeness (QED) is 0.455. The van der Waals surface area contributed by atoms with Gasteiger partial charge in [0, 0.05) is 44.3 Å². The van der Waals surface area contributed by atoms with E-state index in [1.165, 1.54) is 11.1 Å². The van der Waals surface area contributed by atoms with Gasteiger partial charge in [-0.2, -0.15) is 17.4 Å². The Morgan fingerprint density at radius 2 is 1.84 bits per heavy atom. The molecule has 0 amide bonds. The minimum absolute atomic E-state index is 0.00212. The van der Waals surface area contributed by atoms with Crippen molar-refractivity contribution in [3.63, 3.8) is 0 Å². The van der Waals surface area contributed by atoms with Crippen LogP contribution in [0.5, 0.6) is 5.75 Å². The van der Waals surface area contributed by atoms with Gasteiger partial charge in [0.15, 0.2) is 0 Å². The van der Waals surface area contributed by atoms with Crippen LogP contribution >= 0.6 is 0 Å². The first-order chi connectivity index (χ1) is 17.8. The van der Waals surface area contributed by atoms with Crippen LogP contribution in [-0.2, 0) is 26.7 Å². The van der Waals surface area contributed by atoms with Crippen LogP contribution in [0.2, 0.25) is 0 Å². The highest BCUT2D eigenvalue weighted by Crippen LogP contribution is 2.44. The SMILES string of the molecule is COc1ccc2c(c1)CCN1C[C@H]3CCCN(S(=O)(=O)CCCNS(=O)(=O)NC4CCCCC4)[C@H]3C[C@@H]21. The van der Waals surface area contributed by atoms with Crippen LogP contribution in [0.1, 0.15) is 75.0 Å². The molecule has 37 heavy (non-hydrogen) atoms. The van der Waals surface area contributed by atoms with Gasteiger partial charge in [0.05, 0.1) is 12.9 Å². The van der Waals surface area contributed by atoms with E-state index in [0.29, 0.717) is 12.5 Å². The molecule has 5 rings (SSSR count). The summed E-state index contributed by atoms with van der Waals surface area (Å²) in [6.45, 7) is 2.60. The topological polar surface area (TPSA) is 108 Å². The van der Waals surface area contributed by atoms with Gasteiger partial charge < -0.3 is 4.74 Å². The molecule has 1 aromatic carbocycles. The Kier molecular flexibility index (Phi) is 8.48. The zero-order valence-electron chi connectivity index (χ0n) is 21.9. The number of piperidine rings is 2.